The number of benzene rings is 1. The van der Waals surface area contributed by atoms with E-state index in [1.165, 1.54) is 19.1 Å². The molecule has 1 aliphatic heterocycles. The maximum absolute atomic E-state index is 12.3. The molecular weight excluding hydrogens is 390 g/mol. The number of hydrogen-bond acceptors (Lipinski definition) is 9. The van der Waals surface area contributed by atoms with E-state index in [-0.39, 0.29) is 35.6 Å². The largest absolute Gasteiger partial charge is 0.466 e. The molecule has 2 heterocycles. The predicted octanol–water partition coefficient (Wildman–Crippen LogP) is 2.32. The molecule has 0 N–H and O–H groups in total. The number of methoxy groups -OCH3 is 2. The first kappa shape index (κ1) is 19.6. The van der Waals surface area contributed by atoms with Gasteiger partial charge in [0.05, 0.1) is 26.4 Å². The molecule has 1 aromatic carbocycles. The third-order valence-corrected chi connectivity index (χ3v) is 3.99. The Kier molecular flexibility index (Phi) is 6.07. The zero-order valence-electron chi connectivity index (χ0n) is 15.0. The molecule has 10 heteroatoms. The minimum Gasteiger partial charge on any atom is -0.466 e. The standard InChI is InChI=1S/C18H16ClN3O6/c1-25-17(23)13-9-27-10-22(16(13)18(24)26-2)11-4-3-5-12(8-11)28-15-7-6-14(19)20-21-15/h3-8H,9-10H2,1-2H3. The normalized spacial score (nSPS) is 13.9. The second kappa shape index (κ2) is 8.68. The number of halogens is 1. The molecule has 0 spiro atoms. The monoisotopic (exact) mass is 405 g/mol. The van der Waals surface area contributed by atoms with Crippen LogP contribution in [0.25, 0.3) is 0 Å². The smallest absolute Gasteiger partial charge is 0.355 e. The van der Waals surface area contributed by atoms with Gasteiger partial charge in [-0.25, -0.2) is 9.59 Å². The molecule has 0 fully saturated rings. The zero-order chi connectivity index (χ0) is 20.1. The van der Waals surface area contributed by atoms with Crippen molar-refractivity contribution in [3.05, 3.63) is 52.8 Å². The molecule has 0 atom stereocenters. The molecule has 1 aromatic heterocycles. The number of hydrogen-bond donors (Lipinski definition) is 0. The molecule has 0 bridgehead atoms. The number of nitrogens with zero attached hydrogens (tertiary/aromatic N) is 3. The summed E-state index contributed by atoms with van der Waals surface area (Å²) in [6.07, 6.45) is 0. The zero-order valence-corrected chi connectivity index (χ0v) is 15.8. The van der Waals surface area contributed by atoms with Crippen molar-refractivity contribution in [2.45, 2.75) is 0 Å². The quantitative estimate of drug-likeness (QED) is 0.693. The van der Waals surface area contributed by atoms with Crippen LogP contribution in [0.15, 0.2) is 47.7 Å². The van der Waals surface area contributed by atoms with Crippen molar-refractivity contribution in [1.29, 1.82) is 0 Å². The van der Waals surface area contributed by atoms with E-state index in [1.54, 1.807) is 36.4 Å². The lowest BCUT2D eigenvalue weighted by molar-refractivity contribution is -0.140. The first-order valence-corrected chi connectivity index (χ1v) is 8.43. The van der Waals surface area contributed by atoms with Crippen LogP contribution >= 0.6 is 11.6 Å². The number of rotatable bonds is 5. The number of aromatic nitrogens is 2. The summed E-state index contributed by atoms with van der Waals surface area (Å²) in [5, 5.41) is 7.79. The number of anilines is 1. The fraction of sp³-hybridized carbons (Fsp3) is 0.222. The van der Waals surface area contributed by atoms with Crippen molar-refractivity contribution >= 4 is 29.2 Å². The van der Waals surface area contributed by atoms with Crippen molar-refractivity contribution in [3.8, 4) is 11.6 Å². The van der Waals surface area contributed by atoms with E-state index >= 15 is 0 Å². The second-order valence-corrected chi connectivity index (χ2v) is 5.90. The van der Waals surface area contributed by atoms with E-state index in [2.05, 4.69) is 10.2 Å². The maximum atomic E-state index is 12.3. The lowest BCUT2D eigenvalue weighted by Gasteiger charge is -2.31. The molecule has 1 aliphatic rings. The molecule has 0 amide bonds. The summed E-state index contributed by atoms with van der Waals surface area (Å²) in [5.41, 5.74) is 0.653. The number of carbonyl (C=O) groups is 2. The van der Waals surface area contributed by atoms with E-state index in [0.29, 0.717) is 11.4 Å². The van der Waals surface area contributed by atoms with E-state index < -0.39 is 11.9 Å². The Hall–Kier alpha value is -3.17. The number of carbonyl (C=O) groups excluding carboxylic acids is 2. The van der Waals surface area contributed by atoms with Crippen molar-refractivity contribution in [3.63, 3.8) is 0 Å². The average Bonchev–Trinajstić information content (AvgIpc) is 2.74. The van der Waals surface area contributed by atoms with E-state index in [1.807, 2.05) is 0 Å². The first-order chi connectivity index (χ1) is 13.5. The molecule has 0 saturated heterocycles. The number of esters is 2. The van der Waals surface area contributed by atoms with Gasteiger partial charge in [-0.1, -0.05) is 17.7 Å². The summed E-state index contributed by atoms with van der Waals surface area (Å²) in [5.74, 6) is -0.675. The van der Waals surface area contributed by atoms with Crippen molar-refractivity contribution in [1.82, 2.24) is 10.2 Å². The molecule has 28 heavy (non-hydrogen) atoms. The van der Waals surface area contributed by atoms with Gasteiger partial charge in [0.25, 0.3) is 0 Å². The minimum atomic E-state index is -0.682. The Bertz CT molecular complexity index is 916. The Labute approximate surface area is 165 Å². The van der Waals surface area contributed by atoms with Gasteiger partial charge in [0, 0.05) is 17.8 Å². The highest BCUT2D eigenvalue weighted by Gasteiger charge is 2.32. The Balaban J connectivity index is 1.95. The molecule has 146 valence electrons. The van der Waals surface area contributed by atoms with Gasteiger partial charge in [0.15, 0.2) is 5.15 Å². The van der Waals surface area contributed by atoms with Crippen LogP contribution in [-0.2, 0) is 23.8 Å². The summed E-state index contributed by atoms with van der Waals surface area (Å²) < 4.78 is 20.7. The Morgan fingerprint density at radius 2 is 1.89 bits per heavy atom. The molecule has 0 radical (unpaired) electrons. The average molecular weight is 406 g/mol. The highest BCUT2D eigenvalue weighted by molar-refractivity contribution is 6.29. The lowest BCUT2D eigenvalue weighted by Crippen LogP contribution is -2.38. The van der Waals surface area contributed by atoms with Gasteiger partial charge in [-0.15, -0.1) is 10.2 Å². The van der Waals surface area contributed by atoms with Gasteiger partial charge < -0.3 is 23.8 Å². The van der Waals surface area contributed by atoms with Crippen LogP contribution in [0.5, 0.6) is 11.6 Å². The Morgan fingerprint density at radius 1 is 1.11 bits per heavy atom. The minimum absolute atomic E-state index is 0.0368. The predicted molar refractivity (Wildman–Crippen MR) is 97.9 cm³/mol. The van der Waals surface area contributed by atoms with Crippen molar-refractivity contribution in [2.75, 3.05) is 32.5 Å². The molecule has 0 saturated carbocycles. The van der Waals surface area contributed by atoms with Gasteiger partial charge in [-0.3, -0.25) is 0 Å². The maximum Gasteiger partial charge on any atom is 0.355 e. The molecule has 2 aromatic rings. The highest BCUT2D eigenvalue weighted by Crippen LogP contribution is 2.30. The second-order valence-electron chi connectivity index (χ2n) is 5.51. The van der Waals surface area contributed by atoms with Gasteiger partial charge >= 0.3 is 11.9 Å². The summed E-state index contributed by atoms with van der Waals surface area (Å²) in [7, 11) is 2.46. The fourth-order valence-electron chi connectivity index (χ4n) is 2.54. The van der Waals surface area contributed by atoms with Crippen LogP contribution in [0.4, 0.5) is 5.69 Å². The van der Waals surface area contributed by atoms with Crippen LogP contribution in [0, 0.1) is 0 Å². The molecular formula is C18H16ClN3O6. The number of ether oxygens (including phenoxy) is 4. The first-order valence-electron chi connectivity index (χ1n) is 8.05. The van der Waals surface area contributed by atoms with Gasteiger partial charge in [-0.2, -0.15) is 0 Å². The van der Waals surface area contributed by atoms with Crippen LogP contribution in [0.1, 0.15) is 0 Å². The summed E-state index contributed by atoms with van der Waals surface area (Å²) in [6.45, 7) is -0.0285. The summed E-state index contributed by atoms with van der Waals surface area (Å²) in [4.78, 5) is 25.9. The fourth-order valence-corrected chi connectivity index (χ4v) is 2.64. The molecule has 0 aliphatic carbocycles. The van der Waals surface area contributed by atoms with Gasteiger partial charge in [0.1, 0.15) is 18.2 Å². The van der Waals surface area contributed by atoms with Crippen LogP contribution in [-0.4, -0.2) is 49.7 Å². The Morgan fingerprint density at radius 3 is 2.57 bits per heavy atom. The summed E-state index contributed by atoms with van der Waals surface area (Å²) in [6, 6.07) is 9.92. The molecule has 0 unspecified atom stereocenters. The van der Waals surface area contributed by atoms with E-state index in [4.69, 9.17) is 30.5 Å². The third-order valence-electron chi connectivity index (χ3n) is 3.79. The molecule has 3 rings (SSSR count). The van der Waals surface area contributed by atoms with Crippen molar-refractivity contribution in [2.24, 2.45) is 0 Å². The van der Waals surface area contributed by atoms with Crippen LogP contribution in [0.2, 0.25) is 5.15 Å². The molecule has 9 nitrogen and oxygen atoms in total. The summed E-state index contributed by atoms with van der Waals surface area (Å²) >= 11 is 5.72. The van der Waals surface area contributed by atoms with E-state index in [9.17, 15) is 9.59 Å². The van der Waals surface area contributed by atoms with Crippen LogP contribution in [0.3, 0.4) is 0 Å². The van der Waals surface area contributed by atoms with Gasteiger partial charge in [0.2, 0.25) is 5.88 Å². The van der Waals surface area contributed by atoms with Gasteiger partial charge in [-0.05, 0) is 18.2 Å². The lowest BCUT2D eigenvalue weighted by atomic mass is 10.1. The third kappa shape index (κ3) is 4.21. The van der Waals surface area contributed by atoms with E-state index in [0.717, 1.165) is 0 Å². The topological polar surface area (TPSA) is 100 Å². The van der Waals surface area contributed by atoms with Crippen LogP contribution < -0.4 is 9.64 Å². The highest BCUT2D eigenvalue weighted by atomic mass is 35.5. The SMILES string of the molecule is COC(=O)C1=C(C(=O)OC)N(c2cccc(Oc3ccc(Cl)nn3)c2)COC1. The van der Waals surface area contributed by atoms with Crippen molar-refractivity contribution < 1.29 is 28.5 Å².